The molecule has 5 heteroatoms. The smallest absolute Gasteiger partial charge is 0.315 e. The minimum absolute atomic E-state index is 0.0816. The zero-order chi connectivity index (χ0) is 17.2. The Balaban J connectivity index is 1.48. The fourth-order valence-electron chi connectivity index (χ4n) is 2.98. The highest BCUT2D eigenvalue weighted by atomic mass is 16.5. The highest BCUT2D eigenvalue weighted by Gasteiger charge is 2.21. The topological polar surface area (TPSA) is 70.6 Å². The zero-order valence-corrected chi connectivity index (χ0v) is 14.6. The van der Waals surface area contributed by atoms with Crippen molar-refractivity contribution in [1.82, 2.24) is 10.6 Å². The summed E-state index contributed by atoms with van der Waals surface area (Å²) in [5, 5.41) is 15.1. The fraction of sp³-hybridized carbons (Fsp3) is 0.632. The maximum Gasteiger partial charge on any atom is 0.315 e. The van der Waals surface area contributed by atoms with Gasteiger partial charge < -0.3 is 20.5 Å². The van der Waals surface area contributed by atoms with E-state index in [1.165, 1.54) is 5.56 Å². The first-order valence-corrected chi connectivity index (χ1v) is 9.02. The van der Waals surface area contributed by atoms with E-state index in [9.17, 15) is 4.79 Å². The van der Waals surface area contributed by atoms with E-state index in [1.807, 2.05) is 24.3 Å². The summed E-state index contributed by atoms with van der Waals surface area (Å²) in [6.45, 7) is 3.65. The molecule has 0 unspecified atom stereocenters. The number of aryl methyl sites for hydroxylation is 1. The molecule has 0 saturated heterocycles. The summed E-state index contributed by atoms with van der Waals surface area (Å²) >= 11 is 0. The number of ether oxygens (including phenoxy) is 1. The first-order chi connectivity index (χ1) is 11.7. The zero-order valence-electron chi connectivity index (χ0n) is 14.6. The van der Waals surface area contributed by atoms with Crippen LogP contribution in [0.2, 0.25) is 0 Å². The average molecular weight is 334 g/mol. The van der Waals surface area contributed by atoms with Crippen molar-refractivity contribution in [2.45, 2.75) is 51.5 Å². The largest absolute Gasteiger partial charge is 0.494 e. The van der Waals surface area contributed by atoms with Gasteiger partial charge in [-0.05, 0) is 63.5 Å². The van der Waals surface area contributed by atoms with E-state index in [0.29, 0.717) is 19.1 Å². The highest BCUT2D eigenvalue weighted by Crippen LogP contribution is 2.23. The van der Waals surface area contributed by atoms with Gasteiger partial charge in [-0.3, -0.25) is 0 Å². The number of aliphatic hydroxyl groups is 1. The van der Waals surface area contributed by atoms with Gasteiger partial charge in [0.05, 0.1) is 6.61 Å². The van der Waals surface area contributed by atoms with Crippen LogP contribution >= 0.6 is 0 Å². The van der Waals surface area contributed by atoms with E-state index < -0.39 is 0 Å². The van der Waals surface area contributed by atoms with Gasteiger partial charge in [-0.2, -0.15) is 0 Å². The van der Waals surface area contributed by atoms with Crippen LogP contribution in [-0.2, 0) is 0 Å². The van der Waals surface area contributed by atoms with E-state index in [4.69, 9.17) is 9.84 Å². The summed E-state index contributed by atoms with van der Waals surface area (Å²) in [7, 11) is 0. The van der Waals surface area contributed by atoms with Crippen molar-refractivity contribution in [1.29, 1.82) is 0 Å². The summed E-state index contributed by atoms with van der Waals surface area (Å²) in [4.78, 5) is 11.8. The molecule has 0 spiro atoms. The molecular formula is C19H30N2O3. The quantitative estimate of drug-likeness (QED) is 0.640. The standard InChI is InChI=1S/C19H30N2O3/c1-15-4-10-18(11-5-15)24-13-3-2-12-20-19(23)21-17-8-6-16(14-22)7-9-17/h4-5,10-11,16-17,22H,2-3,6-9,12-14H2,1H3,(H2,20,21,23). The average Bonchev–Trinajstić information content (AvgIpc) is 2.60. The van der Waals surface area contributed by atoms with E-state index in [-0.39, 0.29) is 18.7 Å². The number of aliphatic hydroxyl groups excluding tert-OH is 1. The number of unbranched alkanes of at least 4 members (excludes halogenated alkanes) is 1. The number of amides is 2. The molecule has 1 fully saturated rings. The summed E-state index contributed by atoms with van der Waals surface area (Å²) in [6.07, 6.45) is 5.73. The Kier molecular flexibility index (Phi) is 7.89. The monoisotopic (exact) mass is 334 g/mol. The van der Waals surface area contributed by atoms with Crippen LogP contribution in [-0.4, -0.2) is 36.9 Å². The van der Waals surface area contributed by atoms with E-state index in [1.54, 1.807) is 0 Å². The van der Waals surface area contributed by atoms with E-state index in [2.05, 4.69) is 17.6 Å². The molecule has 0 aliphatic heterocycles. The van der Waals surface area contributed by atoms with Crippen LogP contribution in [0.5, 0.6) is 5.75 Å². The molecular weight excluding hydrogens is 304 g/mol. The minimum Gasteiger partial charge on any atom is -0.494 e. The molecule has 0 aromatic heterocycles. The van der Waals surface area contributed by atoms with Gasteiger partial charge in [-0.1, -0.05) is 17.7 Å². The second-order valence-corrected chi connectivity index (χ2v) is 6.67. The summed E-state index contributed by atoms with van der Waals surface area (Å²) in [5.74, 6) is 1.31. The second kappa shape index (κ2) is 10.2. The van der Waals surface area contributed by atoms with Gasteiger partial charge in [0, 0.05) is 19.2 Å². The first-order valence-electron chi connectivity index (χ1n) is 9.02. The second-order valence-electron chi connectivity index (χ2n) is 6.67. The summed E-state index contributed by atoms with van der Waals surface area (Å²) in [6, 6.07) is 8.20. The van der Waals surface area contributed by atoms with Gasteiger partial charge in [-0.15, -0.1) is 0 Å². The van der Waals surface area contributed by atoms with Crippen LogP contribution in [0.15, 0.2) is 24.3 Å². The Hall–Kier alpha value is -1.75. The third kappa shape index (κ3) is 6.79. The lowest BCUT2D eigenvalue weighted by atomic mass is 9.87. The maximum absolute atomic E-state index is 11.8. The Morgan fingerprint density at radius 2 is 1.88 bits per heavy atom. The molecule has 0 atom stereocenters. The first kappa shape index (κ1) is 18.6. The molecule has 1 aromatic rings. The normalized spacial score (nSPS) is 20.4. The van der Waals surface area contributed by atoms with Crippen LogP contribution in [0, 0.1) is 12.8 Å². The predicted molar refractivity (Wildman–Crippen MR) is 95.3 cm³/mol. The molecule has 24 heavy (non-hydrogen) atoms. The van der Waals surface area contributed by atoms with Crippen LogP contribution in [0.25, 0.3) is 0 Å². The number of rotatable bonds is 8. The van der Waals surface area contributed by atoms with Gasteiger partial charge in [0.2, 0.25) is 0 Å². The van der Waals surface area contributed by atoms with Crippen molar-refractivity contribution in [3.8, 4) is 5.75 Å². The Morgan fingerprint density at radius 1 is 1.17 bits per heavy atom. The molecule has 2 rings (SSSR count). The number of hydrogen-bond acceptors (Lipinski definition) is 3. The Labute approximate surface area is 144 Å². The molecule has 0 radical (unpaired) electrons. The van der Waals surface area contributed by atoms with Crippen molar-refractivity contribution in [3.63, 3.8) is 0 Å². The predicted octanol–water partition coefficient (Wildman–Crippen LogP) is 3.00. The maximum atomic E-state index is 11.8. The van der Waals surface area contributed by atoms with E-state index >= 15 is 0 Å². The lowest BCUT2D eigenvalue weighted by Gasteiger charge is -2.27. The van der Waals surface area contributed by atoms with Gasteiger partial charge in [0.25, 0.3) is 0 Å². The molecule has 134 valence electrons. The molecule has 0 bridgehead atoms. The summed E-state index contributed by atoms with van der Waals surface area (Å²) < 4.78 is 5.66. The van der Waals surface area contributed by atoms with Crippen LogP contribution in [0.3, 0.4) is 0 Å². The third-order valence-corrected chi connectivity index (χ3v) is 4.59. The molecule has 2 amide bonds. The van der Waals surface area contributed by atoms with Crippen LogP contribution in [0.1, 0.15) is 44.1 Å². The molecule has 5 nitrogen and oxygen atoms in total. The number of carbonyl (C=O) groups is 1. The van der Waals surface area contributed by atoms with Crippen molar-refractivity contribution < 1.29 is 14.6 Å². The fourth-order valence-corrected chi connectivity index (χ4v) is 2.98. The number of hydrogen-bond donors (Lipinski definition) is 3. The molecule has 0 heterocycles. The van der Waals surface area contributed by atoms with Crippen molar-refractivity contribution in [2.24, 2.45) is 5.92 Å². The number of urea groups is 1. The number of carbonyl (C=O) groups excluding carboxylic acids is 1. The number of benzene rings is 1. The molecule has 1 aliphatic rings. The SMILES string of the molecule is Cc1ccc(OCCCCNC(=O)NC2CCC(CO)CC2)cc1. The van der Waals surface area contributed by atoms with Crippen LogP contribution < -0.4 is 15.4 Å². The van der Waals surface area contributed by atoms with Gasteiger partial charge in [0.1, 0.15) is 5.75 Å². The van der Waals surface area contributed by atoms with Gasteiger partial charge in [0.15, 0.2) is 0 Å². The number of nitrogens with one attached hydrogen (secondary N) is 2. The van der Waals surface area contributed by atoms with E-state index in [0.717, 1.165) is 44.3 Å². The highest BCUT2D eigenvalue weighted by molar-refractivity contribution is 5.74. The molecule has 1 aliphatic carbocycles. The minimum atomic E-state index is -0.0816. The molecule has 1 saturated carbocycles. The third-order valence-electron chi connectivity index (χ3n) is 4.59. The Morgan fingerprint density at radius 3 is 2.54 bits per heavy atom. The van der Waals surface area contributed by atoms with Gasteiger partial charge in [-0.25, -0.2) is 4.79 Å². The van der Waals surface area contributed by atoms with Crippen molar-refractivity contribution >= 4 is 6.03 Å². The molecule has 3 N–H and O–H groups in total. The Bertz CT molecular complexity index is 482. The lowest BCUT2D eigenvalue weighted by molar-refractivity contribution is 0.174. The van der Waals surface area contributed by atoms with Crippen LogP contribution in [0.4, 0.5) is 4.79 Å². The molecule has 1 aromatic carbocycles. The van der Waals surface area contributed by atoms with Crippen molar-refractivity contribution in [2.75, 3.05) is 19.8 Å². The lowest BCUT2D eigenvalue weighted by Crippen LogP contribution is -2.44. The van der Waals surface area contributed by atoms with Crippen molar-refractivity contribution in [3.05, 3.63) is 29.8 Å². The van der Waals surface area contributed by atoms with Gasteiger partial charge >= 0.3 is 6.03 Å². The summed E-state index contributed by atoms with van der Waals surface area (Å²) in [5.41, 5.74) is 1.22.